The highest BCUT2D eigenvalue weighted by Gasteiger charge is 2.30. The van der Waals surface area contributed by atoms with E-state index in [0.29, 0.717) is 24.2 Å². The van der Waals surface area contributed by atoms with Crippen molar-refractivity contribution in [3.8, 4) is 0 Å². The van der Waals surface area contributed by atoms with E-state index in [4.69, 9.17) is 5.11 Å². The quantitative estimate of drug-likeness (QED) is 0.795. The number of nitrogens with zero attached hydrogens (tertiary/aromatic N) is 1. The van der Waals surface area contributed by atoms with Crippen molar-refractivity contribution in [2.75, 3.05) is 11.4 Å². The third kappa shape index (κ3) is 2.45. The van der Waals surface area contributed by atoms with Gasteiger partial charge in [-0.25, -0.2) is 0 Å². The van der Waals surface area contributed by atoms with Gasteiger partial charge in [0.15, 0.2) is 0 Å². The fourth-order valence-corrected chi connectivity index (χ4v) is 1.89. The van der Waals surface area contributed by atoms with Gasteiger partial charge in [0.2, 0.25) is 0 Å². The van der Waals surface area contributed by atoms with Crippen molar-refractivity contribution >= 4 is 17.6 Å². The van der Waals surface area contributed by atoms with Gasteiger partial charge in [-0.05, 0) is 17.7 Å². The maximum Gasteiger partial charge on any atom is 0.307 e. The number of carbonyl (C=O) groups is 2. The average Bonchev–Trinajstić information content (AvgIpc) is 2.60. The van der Waals surface area contributed by atoms with E-state index in [1.807, 2.05) is 0 Å². The number of aliphatic hydroxyl groups is 1. The van der Waals surface area contributed by atoms with Crippen LogP contribution in [-0.2, 0) is 16.0 Å². The van der Waals surface area contributed by atoms with Crippen LogP contribution in [-0.4, -0.2) is 34.7 Å². The zero-order valence-corrected chi connectivity index (χ0v) is 9.17. The summed E-state index contributed by atoms with van der Waals surface area (Å²) in [5, 5.41) is 18.0. The summed E-state index contributed by atoms with van der Waals surface area (Å²) in [5.41, 5.74) is 1.38. The Balaban J connectivity index is 2.13. The third-order valence-electron chi connectivity index (χ3n) is 2.78. The minimum Gasteiger partial charge on any atom is -0.481 e. The molecule has 1 atom stereocenters. The van der Waals surface area contributed by atoms with Gasteiger partial charge < -0.3 is 15.1 Å². The number of carbonyl (C=O) groups excluding carboxylic acids is 1. The summed E-state index contributed by atoms with van der Waals surface area (Å²) in [6, 6.07) is 6.77. The number of anilines is 1. The van der Waals surface area contributed by atoms with Crippen LogP contribution in [0.5, 0.6) is 0 Å². The Bertz CT molecular complexity index is 440. The number of rotatable bonds is 3. The highest BCUT2D eigenvalue weighted by molar-refractivity contribution is 5.98. The number of benzene rings is 1. The Morgan fingerprint density at radius 3 is 2.47 bits per heavy atom. The SMILES string of the molecule is O=C(O)Cc1ccc(N2CCC(O)C2=O)cc1. The van der Waals surface area contributed by atoms with Crippen LogP contribution in [0.15, 0.2) is 24.3 Å². The van der Waals surface area contributed by atoms with Crippen molar-refractivity contribution in [3.63, 3.8) is 0 Å². The minimum atomic E-state index is -0.909. The third-order valence-corrected chi connectivity index (χ3v) is 2.78. The molecule has 5 nitrogen and oxygen atoms in total. The van der Waals surface area contributed by atoms with Crippen molar-refractivity contribution in [3.05, 3.63) is 29.8 Å². The van der Waals surface area contributed by atoms with E-state index in [1.165, 1.54) is 4.90 Å². The standard InChI is InChI=1S/C12H13NO4/c14-10-5-6-13(12(10)17)9-3-1-8(2-4-9)7-11(15)16/h1-4,10,14H,5-7H2,(H,15,16). The smallest absolute Gasteiger partial charge is 0.307 e. The summed E-state index contributed by atoms with van der Waals surface area (Å²) < 4.78 is 0. The normalized spacial score (nSPS) is 19.7. The van der Waals surface area contributed by atoms with Gasteiger partial charge in [0.25, 0.3) is 5.91 Å². The van der Waals surface area contributed by atoms with Gasteiger partial charge in [-0.2, -0.15) is 0 Å². The number of aliphatic hydroxyl groups excluding tert-OH is 1. The summed E-state index contributed by atoms with van der Waals surface area (Å²) in [7, 11) is 0. The van der Waals surface area contributed by atoms with Gasteiger partial charge in [-0.15, -0.1) is 0 Å². The fraction of sp³-hybridized carbons (Fsp3) is 0.333. The molecular weight excluding hydrogens is 222 g/mol. The number of carboxylic acids is 1. The molecule has 2 rings (SSSR count). The Kier molecular flexibility index (Phi) is 3.10. The van der Waals surface area contributed by atoms with Crippen LogP contribution >= 0.6 is 0 Å². The Morgan fingerprint density at radius 2 is 2.00 bits per heavy atom. The van der Waals surface area contributed by atoms with Crippen LogP contribution in [0.1, 0.15) is 12.0 Å². The van der Waals surface area contributed by atoms with Gasteiger partial charge >= 0.3 is 5.97 Å². The van der Waals surface area contributed by atoms with Crippen molar-refractivity contribution in [2.45, 2.75) is 18.9 Å². The molecule has 1 heterocycles. The largest absolute Gasteiger partial charge is 0.481 e. The van der Waals surface area contributed by atoms with E-state index in [-0.39, 0.29) is 12.3 Å². The highest BCUT2D eigenvalue weighted by atomic mass is 16.4. The molecule has 1 aromatic carbocycles. The summed E-state index contributed by atoms with van der Waals surface area (Å²) in [6.07, 6.45) is -0.499. The van der Waals surface area contributed by atoms with Crippen LogP contribution in [0.3, 0.4) is 0 Å². The molecule has 1 aromatic rings. The van der Waals surface area contributed by atoms with Gasteiger partial charge in [0, 0.05) is 18.7 Å². The van der Waals surface area contributed by atoms with Gasteiger partial charge in [-0.3, -0.25) is 9.59 Å². The van der Waals surface area contributed by atoms with Crippen molar-refractivity contribution in [1.29, 1.82) is 0 Å². The van der Waals surface area contributed by atoms with E-state index >= 15 is 0 Å². The van der Waals surface area contributed by atoms with Crippen molar-refractivity contribution < 1.29 is 19.8 Å². The lowest BCUT2D eigenvalue weighted by atomic mass is 10.1. The monoisotopic (exact) mass is 235 g/mol. The molecule has 1 aliphatic rings. The molecule has 1 saturated heterocycles. The predicted molar refractivity (Wildman–Crippen MR) is 60.8 cm³/mol. The lowest BCUT2D eigenvalue weighted by Gasteiger charge is -2.15. The summed E-state index contributed by atoms with van der Waals surface area (Å²) in [5.74, 6) is -1.18. The van der Waals surface area contributed by atoms with Crippen LogP contribution in [0.25, 0.3) is 0 Å². The van der Waals surface area contributed by atoms with Gasteiger partial charge in [0.1, 0.15) is 6.10 Å². The second-order valence-electron chi connectivity index (χ2n) is 4.03. The van der Waals surface area contributed by atoms with Crippen LogP contribution in [0, 0.1) is 0 Å². The molecule has 5 heteroatoms. The van der Waals surface area contributed by atoms with Gasteiger partial charge in [0.05, 0.1) is 6.42 Å². The fourth-order valence-electron chi connectivity index (χ4n) is 1.89. The molecular formula is C12H13NO4. The molecule has 0 spiro atoms. The minimum absolute atomic E-state index is 0.0309. The van der Waals surface area contributed by atoms with E-state index in [0.717, 1.165) is 0 Å². The Morgan fingerprint density at radius 1 is 1.35 bits per heavy atom. The first-order valence-electron chi connectivity index (χ1n) is 5.38. The topological polar surface area (TPSA) is 77.8 Å². The lowest BCUT2D eigenvalue weighted by Crippen LogP contribution is -2.28. The maximum absolute atomic E-state index is 11.6. The van der Waals surface area contributed by atoms with E-state index in [9.17, 15) is 14.7 Å². The van der Waals surface area contributed by atoms with Crippen LogP contribution < -0.4 is 4.90 Å². The Labute approximate surface area is 98.3 Å². The molecule has 1 aliphatic heterocycles. The number of aliphatic carboxylic acids is 1. The van der Waals surface area contributed by atoms with Crippen LogP contribution in [0.2, 0.25) is 0 Å². The lowest BCUT2D eigenvalue weighted by molar-refractivity contribution is -0.136. The molecule has 0 radical (unpaired) electrons. The average molecular weight is 235 g/mol. The van der Waals surface area contributed by atoms with Crippen LogP contribution in [0.4, 0.5) is 5.69 Å². The molecule has 90 valence electrons. The first-order chi connectivity index (χ1) is 8.08. The van der Waals surface area contributed by atoms with E-state index in [1.54, 1.807) is 24.3 Å². The summed E-state index contributed by atoms with van der Waals surface area (Å²) in [6.45, 7) is 0.498. The zero-order chi connectivity index (χ0) is 12.4. The second kappa shape index (κ2) is 4.55. The maximum atomic E-state index is 11.6. The number of hydrogen-bond donors (Lipinski definition) is 2. The molecule has 1 amide bonds. The molecule has 1 unspecified atom stereocenters. The van der Waals surface area contributed by atoms with Crippen molar-refractivity contribution in [2.24, 2.45) is 0 Å². The molecule has 0 aliphatic carbocycles. The van der Waals surface area contributed by atoms with Gasteiger partial charge in [-0.1, -0.05) is 12.1 Å². The summed E-state index contributed by atoms with van der Waals surface area (Å²) >= 11 is 0. The highest BCUT2D eigenvalue weighted by Crippen LogP contribution is 2.22. The second-order valence-corrected chi connectivity index (χ2v) is 4.03. The predicted octanol–water partition coefficient (Wildman–Crippen LogP) is 0.411. The first-order valence-corrected chi connectivity index (χ1v) is 5.38. The zero-order valence-electron chi connectivity index (χ0n) is 9.17. The molecule has 0 saturated carbocycles. The Hall–Kier alpha value is -1.88. The number of carboxylic acid groups (broad SMARTS) is 1. The molecule has 17 heavy (non-hydrogen) atoms. The van der Waals surface area contributed by atoms with Crippen molar-refractivity contribution in [1.82, 2.24) is 0 Å². The molecule has 2 N–H and O–H groups in total. The number of amides is 1. The molecule has 0 bridgehead atoms. The number of hydrogen-bond acceptors (Lipinski definition) is 3. The van der Waals surface area contributed by atoms with E-state index < -0.39 is 12.1 Å². The van der Waals surface area contributed by atoms with E-state index in [2.05, 4.69) is 0 Å². The first kappa shape index (κ1) is 11.6. The summed E-state index contributed by atoms with van der Waals surface area (Å²) in [4.78, 5) is 23.6. The molecule has 1 fully saturated rings. The molecule has 0 aromatic heterocycles.